The third kappa shape index (κ3) is 3.45. The largest absolute Gasteiger partial charge is 0.300 e. The van der Waals surface area contributed by atoms with Crippen molar-refractivity contribution in [2.24, 2.45) is 5.92 Å². The molecule has 4 nitrogen and oxygen atoms in total. The van der Waals surface area contributed by atoms with Gasteiger partial charge >= 0.3 is 0 Å². The second-order valence-electron chi connectivity index (χ2n) is 5.91. The predicted octanol–water partition coefficient (Wildman–Crippen LogP) is 2.51. The van der Waals surface area contributed by atoms with Crippen LogP contribution in [0.4, 0.5) is 0 Å². The minimum Gasteiger partial charge on any atom is -0.300 e. The molecule has 3 rings (SSSR count). The van der Waals surface area contributed by atoms with Gasteiger partial charge in [-0.05, 0) is 31.7 Å². The van der Waals surface area contributed by atoms with Gasteiger partial charge in [0.2, 0.25) is 10.0 Å². The molecule has 21 heavy (non-hydrogen) atoms. The molecule has 2 heterocycles. The fourth-order valence-corrected chi connectivity index (χ4v) is 5.92. The molecule has 0 spiro atoms. The van der Waals surface area contributed by atoms with Crippen LogP contribution in [0.3, 0.4) is 0 Å². The lowest BCUT2D eigenvalue weighted by molar-refractivity contribution is 0.182. The smallest absolute Gasteiger partial charge is 0.244 e. The second-order valence-corrected chi connectivity index (χ2v) is 9.43. The Kier molecular flexibility index (Phi) is 4.62. The lowest BCUT2D eigenvalue weighted by Crippen LogP contribution is -2.49. The topological polar surface area (TPSA) is 40.6 Å². The third-order valence-electron chi connectivity index (χ3n) is 4.22. The molecule has 118 valence electrons. The Hall–Kier alpha value is -0.140. The highest BCUT2D eigenvalue weighted by atomic mass is 35.5. The fourth-order valence-electron chi connectivity index (χ4n) is 2.80. The van der Waals surface area contributed by atoms with Crippen LogP contribution in [0.5, 0.6) is 0 Å². The van der Waals surface area contributed by atoms with E-state index in [0.717, 1.165) is 35.3 Å². The van der Waals surface area contributed by atoms with E-state index in [1.54, 1.807) is 10.4 Å². The first kappa shape index (κ1) is 15.7. The van der Waals surface area contributed by atoms with Crippen LogP contribution in [0.25, 0.3) is 0 Å². The van der Waals surface area contributed by atoms with Gasteiger partial charge in [0.05, 0.1) is 10.8 Å². The van der Waals surface area contributed by atoms with Crippen molar-refractivity contribution >= 4 is 33.0 Å². The zero-order valence-corrected chi connectivity index (χ0v) is 14.6. The molecule has 2 aliphatic rings. The van der Waals surface area contributed by atoms with Crippen LogP contribution < -0.4 is 0 Å². The summed E-state index contributed by atoms with van der Waals surface area (Å²) in [6, 6.07) is 1.74. The normalized spacial score (nSPS) is 21.8. The quantitative estimate of drug-likeness (QED) is 0.768. The average molecular weight is 349 g/mol. The highest BCUT2D eigenvalue weighted by Crippen LogP contribution is 2.31. The van der Waals surface area contributed by atoms with Gasteiger partial charge < -0.3 is 4.90 Å². The van der Waals surface area contributed by atoms with Crippen LogP contribution in [0.1, 0.15) is 22.6 Å². The molecule has 1 aromatic heterocycles. The molecule has 2 fully saturated rings. The first-order valence-corrected chi connectivity index (χ1v) is 10.2. The molecule has 0 bridgehead atoms. The molecule has 0 amide bonds. The summed E-state index contributed by atoms with van der Waals surface area (Å²) >= 11 is 7.29. The van der Waals surface area contributed by atoms with Crippen LogP contribution in [-0.2, 0) is 15.9 Å². The molecule has 0 radical (unpaired) electrons. The number of halogens is 1. The van der Waals surface area contributed by atoms with Gasteiger partial charge in [-0.25, -0.2) is 8.42 Å². The van der Waals surface area contributed by atoms with E-state index in [9.17, 15) is 8.42 Å². The van der Waals surface area contributed by atoms with Crippen molar-refractivity contribution in [3.8, 4) is 0 Å². The number of hydrogen-bond donors (Lipinski definition) is 0. The summed E-state index contributed by atoms with van der Waals surface area (Å²) in [4.78, 5) is 4.60. The lowest BCUT2D eigenvalue weighted by atomic mass is 10.3. The summed E-state index contributed by atoms with van der Waals surface area (Å²) in [5, 5.41) is 0. The Morgan fingerprint density at radius 1 is 1.29 bits per heavy atom. The van der Waals surface area contributed by atoms with E-state index in [1.807, 2.05) is 6.92 Å². The highest BCUT2D eigenvalue weighted by molar-refractivity contribution is 7.89. The van der Waals surface area contributed by atoms with Crippen LogP contribution in [0.15, 0.2) is 11.0 Å². The first-order chi connectivity index (χ1) is 10.0. The third-order valence-corrected chi connectivity index (χ3v) is 7.87. The van der Waals surface area contributed by atoms with E-state index >= 15 is 0 Å². The van der Waals surface area contributed by atoms with Crippen LogP contribution in [-0.4, -0.2) is 50.3 Å². The summed E-state index contributed by atoms with van der Waals surface area (Å²) in [5.74, 6) is 1.23. The van der Waals surface area contributed by atoms with Crippen LogP contribution in [0.2, 0.25) is 0 Å². The highest BCUT2D eigenvalue weighted by Gasteiger charge is 2.32. The zero-order chi connectivity index (χ0) is 15.0. The van der Waals surface area contributed by atoms with Crippen molar-refractivity contribution in [1.29, 1.82) is 0 Å². The minimum absolute atomic E-state index is 0.371. The molecule has 0 aromatic carbocycles. The van der Waals surface area contributed by atoms with E-state index in [4.69, 9.17) is 11.6 Å². The zero-order valence-electron chi connectivity index (χ0n) is 12.2. The van der Waals surface area contributed by atoms with E-state index in [-0.39, 0.29) is 0 Å². The number of thiophene rings is 1. The molecule has 0 unspecified atom stereocenters. The van der Waals surface area contributed by atoms with Gasteiger partial charge in [0, 0.05) is 42.5 Å². The standard InChI is InChI=1S/C14H21ClN2O2S2/c1-11-14(8-13(9-15)20-11)21(18,19)17-6-4-16(5-7-17)10-12-2-3-12/h8,12H,2-7,9-10H2,1H3. The maximum Gasteiger partial charge on any atom is 0.244 e. The molecular formula is C14H21ClN2O2S2. The van der Waals surface area contributed by atoms with Gasteiger partial charge in [0.15, 0.2) is 0 Å². The molecule has 1 aliphatic heterocycles. The molecule has 1 aromatic rings. The van der Waals surface area contributed by atoms with Gasteiger partial charge in [-0.3, -0.25) is 0 Å². The fraction of sp³-hybridized carbons (Fsp3) is 0.714. The number of aryl methyl sites for hydroxylation is 1. The Morgan fingerprint density at radius 3 is 2.48 bits per heavy atom. The van der Waals surface area contributed by atoms with E-state index in [0.29, 0.717) is 23.9 Å². The van der Waals surface area contributed by atoms with E-state index in [2.05, 4.69) is 4.90 Å². The van der Waals surface area contributed by atoms with Gasteiger partial charge in [-0.15, -0.1) is 22.9 Å². The van der Waals surface area contributed by atoms with Crippen molar-refractivity contribution in [3.63, 3.8) is 0 Å². The number of sulfonamides is 1. The second kappa shape index (κ2) is 6.16. The van der Waals surface area contributed by atoms with Crippen LogP contribution >= 0.6 is 22.9 Å². The molecular weight excluding hydrogens is 328 g/mol. The lowest BCUT2D eigenvalue weighted by Gasteiger charge is -2.34. The van der Waals surface area contributed by atoms with Crippen LogP contribution in [0, 0.1) is 12.8 Å². The number of piperazine rings is 1. The minimum atomic E-state index is -3.36. The van der Waals surface area contributed by atoms with E-state index < -0.39 is 10.0 Å². The maximum absolute atomic E-state index is 12.7. The molecule has 0 N–H and O–H groups in total. The Balaban J connectivity index is 1.68. The summed E-state index contributed by atoms with van der Waals surface area (Å²) in [7, 11) is -3.36. The van der Waals surface area contributed by atoms with Gasteiger partial charge in [0.25, 0.3) is 0 Å². The number of alkyl halides is 1. The molecule has 1 saturated carbocycles. The van der Waals surface area contributed by atoms with Gasteiger partial charge in [-0.2, -0.15) is 4.31 Å². The number of nitrogens with zero attached hydrogens (tertiary/aromatic N) is 2. The number of hydrogen-bond acceptors (Lipinski definition) is 4. The van der Waals surface area contributed by atoms with Crippen molar-refractivity contribution in [3.05, 3.63) is 15.8 Å². The molecule has 0 atom stereocenters. The van der Waals surface area contributed by atoms with Crippen molar-refractivity contribution in [2.45, 2.75) is 30.5 Å². The molecule has 7 heteroatoms. The Labute approximate surface area is 135 Å². The monoisotopic (exact) mass is 348 g/mol. The van der Waals surface area contributed by atoms with Crippen molar-refractivity contribution in [2.75, 3.05) is 32.7 Å². The first-order valence-electron chi connectivity index (χ1n) is 7.38. The summed E-state index contributed by atoms with van der Waals surface area (Å²) < 4.78 is 27.1. The Morgan fingerprint density at radius 2 is 1.95 bits per heavy atom. The summed E-state index contributed by atoms with van der Waals surface area (Å²) in [6.07, 6.45) is 2.68. The SMILES string of the molecule is Cc1sc(CCl)cc1S(=O)(=O)N1CCN(CC2CC2)CC1. The van der Waals surface area contributed by atoms with E-state index in [1.165, 1.54) is 24.2 Å². The van der Waals surface area contributed by atoms with Gasteiger partial charge in [0.1, 0.15) is 0 Å². The molecule has 1 aliphatic carbocycles. The average Bonchev–Trinajstić information content (AvgIpc) is 3.19. The summed E-state index contributed by atoms with van der Waals surface area (Å²) in [6.45, 7) is 5.89. The van der Waals surface area contributed by atoms with Crippen molar-refractivity contribution < 1.29 is 8.42 Å². The molecule has 1 saturated heterocycles. The number of rotatable bonds is 5. The predicted molar refractivity (Wildman–Crippen MR) is 86.5 cm³/mol. The maximum atomic E-state index is 12.7. The van der Waals surface area contributed by atoms with Gasteiger partial charge in [-0.1, -0.05) is 0 Å². The summed E-state index contributed by atoms with van der Waals surface area (Å²) in [5.41, 5.74) is 0. The van der Waals surface area contributed by atoms with Crippen molar-refractivity contribution in [1.82, 2.24) is 9.21 Å². The Bertz CT molecular complexity index is 602.